The van der Waals surface area contributed by atoms with E-state index in [1.165, 1.54) is 12.8 Å². The summed E-state index contributed by atoms with van der Waals surface area (Å²) in [6, 6.07) is 1.72. The number of aryl methyl sites for hydroxylation is 1. The molecule has 0 aliphatic carbocycles. The van der Waals surface area contributed by atoms with Crippen LogP contribution in [0.2, 0.25) is 0 Å². The van der Waals surface area contributed by atoms with Crippen LogP contribution in [0.25, 0.3) is 0 Å². The van der Waals surface area contributed by atoms with Crippen molar-refractivity contribution in [3.05, 3.63) is 17.6 Å². The van der Waals surface area contributed by atoms with Crippen LogP contribution in [0.1, 0.15) is 56.3 Å². The van der Waals surface area contributed by atoms with E-state index in [1.54, 1.807) is 13.0 Å². The second-order valence-electron chi connectivity index (χ2n) is 5.42. The highest BCUT2D eigenvalue weighted by Crippen LogP contribution is 2.07. The summed E-state index contributed by atoms with van der Waals surface area (Å²) in [7, 11) is 0. The number of aromatic nitrogens is 2. The zero-order chi connectivity index (χ0) is 15.0. The molecule has 20 heavy (non-hydrogen) atoms. The van der Waals surface area contributed by atoms with Gasteiger partial charge in [-0.3, -0.25) is 4.79 Å². The lowest BCUT2D eigenvalue weighted by Crippen LogP contribution is -2.28. The van der Waals surface area contributed by atoms with E-state index >= 15 is 0 Å². The molecule has 0 aromatic carbocycles. The smallest absolute Gasteiger partial charge is 0.270 e. The molecule has 1 rings (SSSR count). The van der Waals surface area contributed by atoms with Gasteiger partial charge in [-0.05, 0) is 19.3 Å². The summed E-state index contributed by atoms with van der Waals surface area (Å²) >= 11 is 0. The minimum atomic E-state index is -0.138. The molecule has 5 nitrogen and oxygen atoms in total. The Bertz CT molecular complexity index is 432. The van der Waals surface area contributed by atoms with Gasteiger partial charge in [-0.25, -0.2) is 9.97 Å². The lowest BCUT2D eigenvalue weighted by molar-refractivity contribution is 0.0943. The van der Waals surface area contributed by atoms with Gasteiger partial charge in [-0.2, -0.15) is 0 Å². The van der Waals surface area contributed by atoms with Crippen molar-refractivity contribution in [2.75, 3.05) is 18.4 Å². The van der Waals surface area contributed by atoms with Crippen LogP contribution < -0.4 is 10.6 Å². The molecule has 0 spiro atoms. The number of amides is 1. The average molecular weight is 278 g/mol. The van der Waals surface area contributed by atoms with Gasteiger partial charge >= 0.3 is 0 Å². The maximum Gasteiger partial charge on any atom is 0.270 e. The normalized spacial score (nSPS) is 10.7. The fraction of sp³-hybridized carbons (Fsp3) is 0.667. The molecule has 112 valence electrons. The topological polar surface area (TPSA) is 66.9 Å². The molecule has 0 aliphatic rings. The van der Waals surface area contributed by atoms with Gasteiger partial charge < -0.3 is 10.6 Å². The van der Waals surface area contributed by atoms with E-state index < -0.39 is 0 Å². The van der Waals surface area contributed by atoms with Gasteiger partial charge in [-0.15, -0.1) is 0 Å². The fourth-order valence-corrected chi connectivity index (χ4v) is 1.75. The highest BCUT2D eigenvalue weighted by molar-refractivity contribution is 5.92. The van der Waals surface area contributed by atoms with Gasteiger partial charge in [0.1, 0.15) is 17.3 Å². The first-order valence-corrected chi connectivity index (χ1v) is 7.40. The summed E-state index contributed by atoms with van der Waals surface area (Å²) in [6.07, 6.45) is 3.49. The Morgan fingerprint density at radius 2 is 2.05 bits per heavy atom. The standard InChI is InChI=1S/C15H26N4O/c1-5-6-7-8-16-14-9-13(18-12(4)19-14)15(20)17-10-11(2)3/h9,11H,5-8,10H2,1-4H3,(H,17,20)(H,16,18,19). The quantitative estimate of drug-likeness (QED) is 0.718. The molecule has 0 aliphatic heterocycles. The Hall–Kier alpha value is -1.65. The molecule has 5 heteroatoms. The van der Waals surface area contributed by atoms with Gasteiger partial charge in [0.15, 0.2) is 0 Å². The molecule has 1 heterocycles. The predicted octanol–water partition coefficient (Wildman–Crippen LogP) is 2.77. The van der Waals surface area contributed by atoms with E-state index in [2.05, 4.69) is 41.4 Å². The molecule has 0 unspecified atom stereocenters. The second kappa shape index (κ2) is 8.51. The van der Waals surface area contributed by atoms with Gasteiger partial charge in [0.2, 0.25) is 0 Å². The number of carbonyl (C=O) groups is 1. The average Bonchev–Trinajstić information content (AvgIpc) is 2.40. The highest BCUT2D eigenvalue weighted by Gasteiger charge is 2.10. The molecule has 0 saturated heterocycles. The molecule has 1 aromatic rings. The minimum absolute atomic E-state index is 0.138. The number of unbranched alkanes of at least 4 members (excludes halogenated alkanes) is 2. The van der Waals surface area contributed by atoms with Gasteiger partial charge in [0.25, 0.3) is 5.91 Å². The number of nitrogens with one attached hydrogen (secondary N) is 2. The number of nitrogens with zero attached hydrogens (tertiary/aromatic N) is 2. The van der Waals surface area contributed by atoms with Crippen molar-refractivity contribution in [1.82, 2.24) is 15.3 Å². The largest absolute Gasteiger partial charge is 0.370 e. The van der Waals surface area contributed by atoms with Crippen molar-refractivity contribution in [3.63, 3.8) is 0 Å². The highest BCUT2D eigenvalue weighted by atomic mass is 16.1. The van der Waals surface area contributed by atoms with Crippen molar-refractivity contribution in [1.29, 1.82) is 0 Å². The third-order valence-corrected chi connectivity index (χ3v) is 2.83. The Morgan fingerprint density at radius 1 is 1.30 bits per heavy atom. The van der Waals surface area contributed by atoms with E-state index in [4.69, 9.17) is 0 Å². The molecule has 1 aromatic heterocycles. The number of anilines is 1. The van der Waals surface area contributed by atoms with E-state index in [0.29, 0.717) is 24.0 Å². The van der Waals surface area contributed by atoms with Crippen LogP contribution in [-0.4, -0.2) is 29.0 Å². The molecule has 0 atom stereocenters. The Balaban J connectivity index is 2.63. The van der Waals surface area contributed by atoms with E-state index in [0.717, 1.165) is 18.8 Å². The zero-order valence-electron chi connectivity index (χ0n) is 13.0. The molecule has 0 radical (unpaired) electrons. The van der Waals surface area contributed by atoms with Crippen LogP contribution >= 0.6 is 0 Å². The summed E-state index contributed by atoms with van der Waals surface area (Å²) in [5, 5.41) is 6.12. The summed E-state index contributed by atoms with van der Waals surface area (Å²) in [6.45, 7) is 9.62. The van der Waals surface area contributed by atoms with E-state index in [9.17, 15) is 4.79 Å². The van der Waals surface area contributed by atoms with Crippen LogP contribution in [-0.2, 0) is 0 Å². The fourth-order valence-electron chi connectivity index (χ4n) is 1.75. The monoisotopic (exact) mass is 278 g/mol. The van der Waals surface area contributed by atoms with Gasteiger partial charge in [-0.1, -0.05) is 33.6 Å². The van der Waals surface area contributed by atoms with E-state index in [1.807, 2.05) is 0 Å². The van der Waals surface area contributed by atoms with Crippen molar-refractivity contribution in [2.45, 2.75) is 47.0 Å². The summed E-state index contributed by atoms with van der Waals surface area (Å²) in [5.74, 6) is 1.62. The minimum Gasteiger partial charge on any atom is -0.370 e. The number of carbonyl (C=O) groups excluding carboxylic acids is 1. The Morgan fingerprint density at radius 3 is 2.70 bits per heavy atom. The van der Waals surface area contributed by atoms with Crippen LogP contribution in [0.15, 0.2) is 6.07 Å². The summed E-state index contributed by atoms with van der Waals surface area (Å²) in [5.41, 5.74) is 0.427. The van der Waals surface area contributed by atoms with Crippen molar-refractivity contribution < 1.29 is 4.79 Å². The number of rotatable bonds is 8. The molecular formula is C15H26N4O. The third kappa shape index (κ3) is 5.99. The Kier molecular flexibility index (Phi) is 6.98. The van der Waals surface area contributed by atoms with Crippen molar-refractivity contribution in [2.24, 2.45) is 5.92 Å². The first-order chi connectivity index (χ1) is 9.52. The number of hydrogen-bond acceptors (Lipinski definition) is 4. The van der Waals surface area contributed by atoms with Crippen LogP contribution in [0.3, 0.4) is 0 Å². The van der Waals surface area contributed by atoms with Crippen LogP contribution in [0.4, 0.5) is 5.82 Å². The van der Waals surface area contributed by atoms with Crippen molar-refractivity contribution in [3.8, 4) is 0 Å². The number of hydrogen-bond donors (Lipinski definition) is 2. The Labute approximate surface area is 121 Å². The van der Waals surface area contributed by atoms with Crippen LogP contribution in [0.5, 0.6) is 0 Å². The van der Waals surface area contributed by atoms with Crippen LogP contribution in [0, 0.1) is 12.8 Å². The lowest BCUT2D eigenvalue weighted by atomic mass is 10.2. The molecule has 0 fully saturated rings. The van der Waals surface area contributed by atoms with Gasteiger partial charge in [0.05, 0.1) is 0 Å². The van der Waals surface area contributed by atoms with Gasteiger partial charge in [0, 0.05) is 19.2 Å². The first kappa shape index (κ1) is 16.4. The molecule has 0 bridgehead atoms. The maximum atomic E-state index is 12.0. The molecule has 1 amide bonds. The van der Waals surface area contributed by atoms with Crippen molar-refractivity contribution >= 4 is 11.7 Å². The zero-order valence-corrected chi connectivity index (χ0v) is 13.0. The third-order valence-electron chi connectivity index (χ3n) is 2.83. The molecular weight excluding hydrogens is 252 g/mol. The second-order valence-corrected chi connectivity index (χ2v) is 5.42. The molecule has 0 saturated carbocycles. The predicted molar refractivity (Wildman–Crippen MR) is 82.0 cm³/mol. The SMILES string of the molecule is CCCCCNc1cc(C(=O)NCC(C)C)nc(C)n1. The van der Waals surface area contributed by atoms with E-state index in [-0.39, 0.29) is 5.91 Å². The maximum absolute atomic E-state index is 12.0. The summed E-state index contributed by atoms with van der Waals surface area (Å²) in [4.78, 5) is 20.5. The summed E-state index contributed by atoms with van der Waals surface area (Å²) < 4.78 is 0. The lowest BCUT2D eigenvalue weighted by Gasteiger charge is -2.10. The first-order valence-electron chi connectivity index (χ1n) is 7.40. The molecule has 2 N–H and O–H groups in total.